The van der Waals surface area contributed by atoms with E-state index < -0.39 is 5.97 Å². The lowest BCUT2D eigenvalue weighted by Crippen LogP contribution is -2.01. The molecule has 0 aliphatic carbocycles. The van der Waals surface area contributed by atoms with Crippen molar-refractivity contribution < 1.29 is 19.1 Å². The Morgan fingerprint density at radius 3 is 2.52 bits per heavy atom. The van der Waals surface area contributed by atoms with Crippen LogP contribution in [0, 0.1) is 6.92 Å². The molecular formula is C22H17NO4. The third-order valence-electron chi connectivity index (χ3n) is 4.56. The largest absolute Gasteiger partial charge is 0.507 e. The molecule has 0 unspecified atom stereocenters. The fraction of sp³-hybridized carbons (Fsp3) is 0.0909. The topological polar surface area (TPSA) is 72.6 Å². The Bertz CT molecular complexity index is 1150. The molecule has 5 nitrogen and oxygen atoms in total. The average molecular weight is 359 g/mol. The van der Waals surface area contributed by atoms with Crippen LogP contribution < -0.4 is 0 Å². The van der Waals surface area contributed by atoms with Crippen LogP contribution in [0.4, 0.5) is 0 Å². The number of oxazole rings is 1. The number of phenols is 1. The highest BCUT2D eigenvalue weighted by Crippen LogP contribution is 2.34. The summed E-state index contributed by atoms with van der Waals surface area (Å²) in [6, 6.07) is 18.9. The predicted octanol–water partition coefficient (Wildman–Crippen LogP) is 4.96. The molecular weight excluding hydrogens is 342 g/mol. The van der Waals surface area contributed by atoms with Gasteiger partial charge in [0.05, 0.1) is 7.11 Å². The third kappa shape index (κ3) is 2.93. The van der Waals surface area contributed by atoms with Gasteiger partial charge >= 0.3 is 5.97 Å². The van der Waals surface area contributed by atoms with Crippen molar-refractivity contribution in [3.05, 3.63) is 71.8 Å². The van der Waals surface area contributed by atoms with E-state index in [-0.39, 0.29) is 11.3 Å². The Balaban J connectivity index is 1.85. The highest BCUT2D eigenvalue weighted by molar-refractivity contribution is 5.96. The number of methoxy groups -OCH3 is 1. The second-order valence-electron chi connectivity index (χ2n) is 6.19. The lowest BCUT2D eigenvalue weighted by Gasteiger charge is -2.09. The molecule has 4 aromatic rings. The minimum atomic E-state index is -0.624. The molecule has 0 radical (unpaired) electrons. The number of aromatic nitrogens is 1. The molecule has 134 valence electrons. The van der Waals surface area contributed by atoms with E-state index in [0.29, 0.717) is 17.0 Å². The lowest BCUT2D eigenvalue weighted by atomic mass is 9.96. The number of rotatable bonds is 3. The van der Waals surface area contributed by atoms with Gasteiger partial charge in [0.2, 0.25) is 5.89 Å². The molecule has 1 heterocycles. The molecule has 0 aliphatic heterocycles. The van der Waals surface area contributed by atoms with Gasteiger partial charge in [0.1, 0.15) is 16.8 Å². The number of phenolic OH excluding ortho intramolecular Hbond substituents is 1. The van der Waals surface area contributed by atoms with Crippen LogP contribution in [-0.2, 0) is 4.74 Å². The molecule has 4 rings (SSSR count). The zero-order valence-corrected chi connectivity index (χ0v) is 14.9. The molecule has 3 aromatic carbocycles. The maximum Gasteiger partial charge on any atom is 0.341 e. The number of aromatic hydroxyl groups is 1. The normalized spacial score (nSPS) is 10.9. The van der Waals surface area contributed by atoms with Crippen molar-refractivity contribution in [1.82, 2.24) is 4.98 Å². The predicted molar refractivity (Wildman–Crippen MR) is 103 cm³/mol. The number of hydrogen-bond donors (Lipinski definition) is 1. The number of ether oxygens (including phenoxy) is 1. The summed E-state index contributed by atoms with van der Waals surface area (Å²) in [4.78, 5) is 16.3. The first-order valence-electron chi connectivity index (χ1n) is 8.45. The van der Waals surface area contributed by atoms with E-state index in [4.69, 9.17) is 4.42 Å². The Morgan fingerprint density at radius 2 is 1.78 bits per heavy atom. The van der Waals surface area contributed by atoms with Gasteiger partial charge in [0, 0.05) is 11.6 Å². The first kappa shape index (κ1) is 16.8. The van der Waals surface area contributed by atoms with E-state index in [1.807, 2.05) is 37.3 Å². The zero-order chi connectivity index (χ0) is 19.0. The number of esters is 1. The van der Waals surface area contributed by atoms with Gasteiger partial charge in [-0.1, -0.05) is 42.5 Å². The van der Waals surface area contributed by atoms with Crippen LogP contribution >= 0.6 is 0 Å². The van der Waals surface area contributed by atoms with Gasteiger partial charge in [0.15, 0.2) is 5.58 Å². The second-order valence-corrected chi connectivity index (χ2v) is 6.19. The molecule has 0 amide bonds. The Hall–Kier alpha value is -3.60. The highest BCUT2D eigenvalue weighted by Gasteiger charge is 2.18. The van der Waals surface area contributed by atoms with E-state index in [1.165, 1.54) is 19.2 Å². The van der Waals surface area contributed by atoms with Crippen LogP contribution in [0.5, 0.6) is 5.75 Å². The minimum Gasteiger partial charge on any atom is -0.507 e. The monoisotopic (exact) mass is 359 g/mol. The first-order valence-corrected chi connectivity index (χ1v) is 8.45. The van der Waals surface area contributed by atoms with Crippen molar-refractivity contribution >= 4 is 17.1 Å². The van der Waals surface area contributed by atoms with Crippen LogP contribution in [0.1, 0.15) is 15.9 Å². The number of benzene rings is 3. The fourth-order valence-electron chi connectivity index (χ4n) is 3.15. The summed E-state index contributed by atoms with van der Waals surface area (Å²) in [5.41, 5.74) is 5.03. The standard InChI is InChI=1S/C22H17NO4/c1-13-15(14-7-4-3-5-8-14)9-6-10-16(13)21-23-18-11-17(22(25)26-2)19(24)12-20(18)27-21/h3-12,24H,1-2H3. The van der Waals surface area contributed by atoms with Gasteiger partial charge < -0.3 is 14.3 Å². The van der Waals surface area contributed by atoms with E-state index >= 15 is 0 Å². The zero-order valence-electron chi connectivity index (χ0n) is 14.9. The van der Waals surface area contributed by atoms with Gasteiger partial charge in [-0.3, -0.25) is 0 Å². The molecule has 0 bridgehead atoms. The number of carbonyl (C=O) groups excluding carboxylic acids is 1. The maximum absolute atomic E-state index is 11.8. The number of nitrogens with zero attached hydrogens (tertiary/aromatic N) is 1. The van der Waals surface area contributed by atoms with Crippen molar-refractivity contribution in [1.29, 1.82) is 0 Å². The van der Waals surface area contributed by atoms with E-state index in [1.54, 1.807) is 0 Å². The van der Waals surface area contributed by atoms with Crippen LogP contribution in [0.15, 0.2) is 65.1 Å². The SMILES string of the molecule is COC(=O)c1cc2nc(-c3cccc(-c4ccccc4)c3C)oc2cc1O. The van der Waals surface area contributed by atoms with Crippen LogP contribution in [0.3, 0.4) is 0 Å². The molecule has 0 spiro atoms. The Labute approximate surface area is 155 Å². The number of hydrogen-bond acceptors (Lipinski definition) is 5. The van der Waals surface area contributed by atoms with Gasteiger partial charge in [-0.15, -0.1) is 0 Å². The summed E-state index contributed by atoms with van der Waals surface area (Å²) in [7, 11) is 1.26. The lowest BCUT2D eigenvalue weighted by molar-refractivity contribution is 0.0597. The smallest absolute Gasteiger partial charge is 0.341 e. The quantitative estimate of drug-likeness (QED) is 0.523. The van der Waals surface area contributed by atoms with Crippen molar-refractivity contribution in [3.63, 3.8) is 0 Å². The Morgan fingerprint density at radius 1 is 1.04 bits per heavy atom. The summed E-state index contributed by atoms with van der Waals surface area (Å²) in [6.07, 6.45) is 0. The summed E-state index contributed by atoms with van der Waals surface area (Å²) in [5, 5.41) is 10.0. The van der Waals surface area contributed by atoms with Gasteiger partial charge in [-0.05, 0) is 35.7 Å². The molecule has 5 heteroatoms. The van der Waals surface area contributed by atoms with Crippen molar-refractivity contribution in [3.8, 4) is 28.3 Å². The van der Waals surface area contributed by atoms with Crippen LogP contribution in [0.2, 0.25) is 0 Å². The average Bonchev–Trinajstić information content (AvgIpc) is 3.10. The second kappa shape index (κ2) is 6.61. The molecule has 1 N–H and O–H groups in total. The van der Waals surface area contributed by atoms with Gasteiger partial charge in [0.25, 0.3) is 0 Å². The summed E-state index contributed by atoms with van der Waals surface area (Å²) < 4.78 is 10.5. The Kier molecular flexibility index (Phi) is 4.12. The van der Waals surface area contributed by atoms with E-state index in [9.17, 15) is 9.90 Å². The third-order valence-corrected chi connectivity index (χ3v) is 4.56. The highest BCUT2D eigenvalue weighted by atomic mass is 16.5. The molecule has 0 aliphatic rings. The summed E-state index contributed by atoms with van der Waals surface area (Å²) in [6.45, 7) is 2.02. The van der Waals surface area contributed by atoms with Crippen molar-refractivity contribution in [2.45, 2.75) is 6.92 Å². The van der Waals surface area contributed by atoms with E-state index in [0.717, 1.165) is 22.3 Å². The number of carbonyl (C=O) groups is 1. The van der Waals surface area contributed by atoms with E-state index in [2.05, 4.69) is 27.9 Å². The van der Waals surface area contributed by atoms with Crippen LogP contribution in [-0.4, -0.2) is 23.2 Å². The fourth-order valence-corrected chi connectivity index (χ4v) is 3.15. The first-order chi connectivity index (χ1) is 13.1. The van der Waals surface area contributed by atoms with Crippen molar-refractivity contribution in [2.75, 3.05) is 7.11 Å². The minimum absolute atomic E-state index is 0.0552. The maximum atomic E-state index is 11.8. The molecule has 0 fully saturated rings. The van der Waals surface area contributed by atoms with Crippen molar-refractivity contribution in [2.24, 2.45) is 0 Å². The molecule has 0 saturated carbocycles. The molecule has 27 heavy (non-hydrogen) atoms. The van der Waals surface area contributed by atoms with Gasteiger partial charge in [-0.2, -0.15) is 0 Å². The number of fused-ring (bicyclic) bond motifs is 1. The summed E-state index contributed by atoms with van der Waals surface area (Å²) >= 11 is 0. The van der Waals surface area contributed by atoms with Gasteiger partial charge in [-0.25, -0.2) is 9.78 Å². The molecule has 1 aromatic heterocycles. The molecule has 0 atom stereocenters. The molecule has 0 saturated heterocycles. The summed E-state index contributed by atoms with van der Waals surface area (Å²) in [5.74, 6) is -0.394. The van der Waals surface area contributed by atoms with Crippen LogP contribution in [0.25, 0.3) is 33.7 Å².